The highest BCUT2D eigenvalue weighted by molar-refractivity contribution is 8.00. The molecule has 1 unspecified atom stereocenters. The van der Waals surface area contributed by atoms with Crippen molar-refractivity contribution < 1.29 is 4.74 Å². The zero-order valence-electron chi connectivity index (χ0n) is 10.3. The van der Waals surface area contributed by atoms with Crippen LogP contribution >= 0.6 is 11.8 Å². The van der Waals surface area contributed by atoms with E-state index in [-0.39, 0.29) is 0 Å². The van der Waals surface area contributed by atoms with Gasteiger partial charge in [-0.3, -0.25) is 0 Å². The molecule has 0 aromatic heterocycles. The van der Waals surface area contributed by atoms with Crippen LogP contribution in [0.4, 0.5) is 0 Å². The molecule has 1 rings (SSSR count). The van der Waals surface area contributed by atoms with Crippen molar-refractivity contribution in [3.63, 3.8) is 0 Å². The maximum absolute atomic E-state index is 5.42. The van der Waals surface area contributed by atoms with E-state index in [0.29, 0.717) is 5.25 Å². The van der Waals surface area contributed by atoms with E-state index in [9.17, 15) is 0 Å². The molecular formula is C13H21NOS. The molecule has 3 heteroatoms. The summed E-state index contributed by atoms with van der Waals surface area (Å²) < 4.78 is 5.42. The predicted molar refractivity (Wildman–Crippen MR) is 71.5 cm³/mol. The Morgan fingerprint density at radius 3 is 2.44 bits per heavy atom. The Morgan fingerprint density at radius 1 is 1.25 bits per heavy atom. The van der Waals surface area contributed by atoms with Crippen molar-refractivity contribution in [3.8, 4) is 5.75 Å². The Bertz CT molecular complexity index is 286. The maximum Gasteiger partial charge on any atom is 0.119 e. The van der Waals surface area contributed by atoms with E-state index in [4.69, 9.17) is 4.74 Å². The van der Waals surface area contributed by atoms with Gasteiger partial charge in [-0.05, 0) is 44.7 Å². The highest BCUT2D eigenvalue weighted by atomic mass is 32.2. The highest BCUT2D eigenvalue weighted by Crippen LogP contribution is 2.26. The smallest absolute Gasteiger partial charge is 0.119 e. The molecule has 90 valence electrons. The standard InChI is InChI=1S/C13H21NOS/c1-4-12(10-14-3)16-13-8-6-11(7-9-13)15-5-2/h6-9,12,14H,4-5,10H2,1-3H3. The van der Waals surface area contributed by atoms with Gasteiger partial charge in [-0.25, -0.2) is 0 Å². The molecule has 1 aromatic carbocycles. The minimum Gasteiger partial charge on any atom is -0.494 e. The van der Waals surface area contributed by atoms with Gasteiger partial charge in [0.05, 0.1) is 6.61 Å². The van der Waals surface area contributed by atoms with Crippen LogP contribution in [0.3, 0.4) is 0 Å². The molecule has 2 nitrogen and oxygen atoms in total. The number of nitrogens with one attached hydrogen (secondary N) is 1. The topological polar surface area (TPSA) is 21.3 Å². The third kappa shape index (κ3) is 4.45. The zero-order valence-corrected chi connectivity index (χ0v) is 11.1. The van der Waals surface area contributed by atoms with Gasteiger partial charge in [0.2, 0.25) is 0 Å². The lowest BCUT2D eigenvalue weighted by Crippen LogP contribution is -2.19. The first kappa shape index (κ1) is 13.4. The van der Waals surface area contributed by atoms with Crippen molar-refractivity contribution in [1.29, 1.82) is 0 Å². The van der Waals surface area contributed by atoms with Crippen molar-refractivity contribution in [2.75, 3.05) is 20.2 Å². The molecule has 1 atom stereocenters. The SMILES string of the molecule is CCOc1ccc(SC(CC)CNC)cc1. The second-order valence-electron chi connectivity index (χ2n) is 3.61. The van der Waals surface area contributed by atoms with Crippen molar-refractivity contribution in [2.24, 2.45) is 0 Å². The van der Waals surface area contributed by atoms with Crippen LogP contribution in [-0.2, 0) is 0 Å². The van der Waals surface area contributed by atoms with E-state index >= 15 is 0 Å². The van der Waals surface area contributed by atoms with E-state index in [2.05, 4.69) is 24.4 Å². The van der Waals surface area contributed by atoms with Crippen LogP contribution in [0.15, 0.2) is 29.2 Å². The van der Waals surface area contributed by atoms with Crippen molar-refractivity contribution >= 4 is 11.8 Å². The lowest BCUT2D eigenvalue weighted by molar-refractivity contribution is 0.340. The van der Waals surface area contributed by atoms with Gasteiger partial charge in [-0.2, -0.15) is 0 Å². The van der Waals surface area contributed by atoms with Crippen molar-refractivity contribution in [2.45, 2.75) is 30.4 Å². The molecule has 0 aliphatic heterocycles. The Hall–Kier alpha value is -0.670. The maximum atomic E-state index is 5.42. The van der Waals surface area contributed by atoms with E-state index < -0.39 is 0 Å². The van der Waals surface area contributed by atoms with Gasteiger partial charge < -0.3 is 10.1 Å². The van der Waals surface area contributed by atoms with Crippen LogP contribution in [-0.4, -0.2) is 25.4 Å². The Balaban J connectivity index is 2.53. The normalized spacial score (nSPS) is 12.4. The fourth-order valence-corrected chi connectivity index (χ4v) is 2.57. The lowest BCUT2D eigenvalue weighted by Gasteiger charge is -2.14. The lowest BCUT2D eigenvalue weighted by atomic mass is 10.3. The van der Waals surface area contributed by atoms with Crippen LogP contribution in [0.5, 0.6) is 5.75 Å². The van der Waals surface area contributed by atoms with Gasteiger partial charge in [0.1, 0.15) is 5.75 Å². The predicted octanol–water partition coefficient (Wildman–Crippen LogP) is 3.18. The summed E-state index contributed by atoms with van der Waals surface area (Å²) in [5.74, 6) is 0.952. The number of ether oxygens (including phenoxy) is 1. The van der Waals surface area contributed by atoms with Crippen LogP contribution in [0.2, 0.25) is 0 Å². The summed E-state index contributed by atoms with van der Waals surface area (Å²) in [5, 5.41) is 3.87. The van der Waals surface area contributed by atoms with Gasteiger partial charge in [0, 0.05) is 16.7 Å². The van der Waals surface area contributed by atoms with Gasteiger partial charge in [-0.1, -0.05) is 6.92 Å². The van der Waals surface area contributed by atoms with Gasteiger partial charge >= 0.3 is 0 Å². The average Bonchev–Trinajstić information content (AvgIpc) is 2.31. The third-order valence-electron chi connectivity index (χ3n) is 2.32. The van der Waals surface area contributed by atoms with E-state index in [0.717, 1.165) is 18.9 Å². The van der Waals surface area contributed by atoms with Gasteiger partial charge in [0.25, 0.3) is 0 Å². The van der Waals surface area contributed by atoms with E-state index in [1.54, 1.807) is 0 Å². The molecule has 0 saturated carbocycles. The van der Waals surface area contributed by atoms with Gasteiger partial charge in [-0.15, -0.1) is 11.8 Å². The van der Waals surface area contributed by atoms with Crippen LogP contribution in [0.25, 0.3) is 0 Å². The summed E-state index contributed by atoms with van der Waals surface area (Å²) in [6.45, 7) is 6.00. The van der Waals surface area contributed by atoms with Crippen LogP contribution in [0.1, 0.15) is 20.3 Å². The monoisotopic (exact) mass is 239 g/mol. The Morgan fingerprint density at radius 2 is 1.94 bits per heavy atom. The summed E-state index contributed by atoms with van der Waals surface area (Å²) in [7, 11) is 2.00. The number of thioether (sulfide) groups is 1. The Labute approximate surface area is 103 Å². The molecule has 0 aliphatic carbocycles. The minimum atomic E-state index is 0.642. The molecule has 0 heterocycles. The zero-order chi connectivity index (χ0) is 11.8. The van der Waals surface area contributed by atoms with Crippen LogP contribution < -0.4 is 10.1 Å². The molecule has 1 N–H and O–H groups in total. The first-order valence-corrected chi connectivity index (χ1v) is 6.72. The summed E-state index contributed by atoms with van der Waals surface area (Å²) in [6.07, 6.45) is 1.18. The summed E-state index contributed by atoms with van der Waals surface area (Å²) in [6, 6.07) is 8.35. The first-order valence-electron chi connectivity index (χ1n) is 5.84. The molecule has 16 heavy (non-hydrogen) atoms. The fraction of sp³-hybridized carbons (Fsp3) is 0.538. The fourth-order valence-electron chi connectivity index (χ4n) is 1.47. The average molecular weight is 239 g/mol. The molecule has 0 saturated heterocycles. The molecule has 0 bridgehead atoms. The number of rotatable bonds is 7. The van der Waals surface area contributed by atoms with E-state index in [1.165, 1.54) is 11.3 Å². The molecule has 1 aromatic rings. The molecule has 0 amide bonds. The molecule has 0 aliphatic rings. The van der Waals surface area contributed by atoms with Crippen molar-refractivity contribution in [1.82, 2.24) is 5.32 Å². The third-order valence-corrected chi connectivity index (χ3v) is 3.70. The second-order valence-corrected chi connectivity index (χ2v) is 4.98. The second kappa shape index (κ2) is 7.58. The highest BCUT2D eigenvalue weighted by Gasteiger charge is 2.06. The molecular weight excluding hydrogens is 218 g/mol. The summed E-state index contributed by atoms with van der Waals surface area (Å²) in [4.78, 5) is 1.31. The van der Waals surface area contributed by atoms with E-state index in [1.807, 2.05) is 37.9 Å². The summed E-state index contributed by atoms with van der Waals surface area (Å²) >= 11 is 1.92. The quantitative estimate of drug-likeness (QED) is 0.738. The number of hydrogen-bond donors (Lipinski definition) is 1. The molecule has 0 fully saturated rings. The van der Waals surface area contributed by atoms with Crippen LogP contribution in [0, 0.1) is 0 Å². The minimum absolute atomic E-state index is 0.642. The van der Waals surface area contributed by atoms with Crippen molar-refractivity contribution in [3.05, 3.63) is 24.3 Å². The number of benzene rings is 1. The first-order chi connectivity index (χ1) is 7.80. The molecule has 0 radical (unpaired) electrons. The largest absolute Gasteiger partial charge is 0.494 e. The Kier molecular flexibility index (Phi) is 6.34. The van der Waals surface area contributed by atoms with Gasteiger partial charge in [0.15, 0.2) is 0 Å². The summed E-state index contributed by atoms with van der Waals surface area (Å²) in [5.41, 5.74) is 0. The number of hydrogen-bond acceptors (Lipinski definition) is 3. The molecule has 0 spiro atoms.